The fourth-order valence-electron chi connectivity index (χ4n) is 1.24. The molecule has 0 aromatic carbocycles. The minimum atomic E-state index is 0.620. The van der Waals surface area contributed by atoms with Gasteiger partial charge in [0.15, 0.2) is 5.17 Å². The van der Waals surface area contributed by atoms with Crippen LogP contribution in [0.1, 0.15) is 6.42 Å². The number of methoxy groups -OCH3 is 1. The predicted molar refractivity (Wildman–Crippen MR) is 66.6 cm³/mol. The van der Waals surface area contributed by atoms with Crippen LogP contribution in [0.2, 0.25) is 0 Å². The molecule has 0 bridgehead atoms. The van der Waals surface area contributed by atoms with Crippen molar-refractivity contribution in [2.45, 2.75) is 11.7 Å². The van der Waals surface area contributed by atoms with Gasteiger partial charge in [-0.1, -0.05) is 27.7 Å². The third kappa shape index (κ3) is 3.79. The van der Waals surface area contributed by atoms with Crippen LogP contribution in [-0.2, 0) is 4.74 Å². The zero-order valence-electron chi connectivity index (χ0n) is 8.70. The summed E-state index contributed by atoms with van der Waals surface area (Å²) in [7, 11) is 3.83. The summed E-state index contributed by atoms with van der Waals surface area (Å²) in [5.74, 6) is 0. The molecule has 0 spiro atoms. The smallest absolute Gasteiger partial charge is 0.159 e. The molecule has 1 atom stereocenters. The van der Waals surface area contributed by atoms with Gasteiger partial charge in [0.2, 0.25) is 0 Å². The first-order valence-corrected chi connectivity index (χ1v) is 6.75. The van der Waals surface area contributed by atoms with Crippen LogP contribution in [0.15, 0.2) is 4.99 Å². The molecule has 3 nitrogen and oxygen atoms in total. The molecule has 14 heavy (non-hydrogen) atoms. The lowest BCUT2D eigenvalue weighted by Crippen LogP contribution is -2.25. The molecule has 1 aliphatic rings. The molecule has 0 radical (unpaired) electrons. The van der Waals surface area contributed by atoms with E-state index in [4.69, 9.17) is 4.74 Å². The maximum atomic E-state index is 5.02. The van der Waals surface area contributed by atoms with Gasteiger partial charge in [0, 0.05) is 37.9 Å². The first-order chi connectivity index (χ1) is 6.77. The van der Waals surface area contributed by atoms with Crippen molar-refractivity contribution >= 4 is 32.9 Å². The number of amidine groups is 1. The van der Waals surface area contributed by atoms with Gasteiger partial charge in [0.1, 0.15) is 0 Å². The SMILES string of the molecule is COCCCN(C)C1=NCC(CBr)S1. The molecule has 0 aliphatic carbocycles. The Hall–Kier alpha value is 0.260. The van der Waals surface area contributed by atoms with Gasteiger partial charge in [0.05, 0.1) is 6.54 Å². The van der Waals surface area contributed by atoms with E-state index in [9.17, 15) is 0 Å². The van der Waals surface area contributed by atoms with Crippen molar-refractivity contribution in [1.29, 1.82) is 0 Å². The average Bonchev–Trinajstić information content (AvgIpc) is 2.66. The second-order valence-electron chi connectivity index (χ2n) is 3.29. The normalized spacial score (nSPS) is 21.1. The quantitative estimate of drug-likeness (QED) is 0.567. The van der Waals surface area contributed by atoms with Crippen molar-refractivity contribution in [3.05, 3.63) is 0 Å². The summed E-state index contributed by atoms with van der Waals surface area (Å²) < 4.78 is 5.02. The standard InChI is InChI=1S/C9H17BrN2OS/c1-12(4-3-5-13-2)9-11-7-8(6-10)14-9/h8H,3-7H2,1-2H3. The van der Waals surface area contributed by atoms with E-state index in [0.29, 0.717) is 5.25 Å². The highest BCUT2D eigenvalue weighted by molar-refractivity contribution is 9.09. The van der Waals surface area contributed by atoms with Crippen molar-refractivity contribution in [1.82, 2.24) is 4.90 Å². The Morgan fingerprint density at radius 3 is 3.07 bits per heavy atom. The number of rotatable bonds is 5. The third-order valence-electron chi connectivity index (χ3n) is 2.04. The molecular weight excluding hydrogens is 264 g/mol. The first-order valence-electron chi connectivity index (χ1n) is 4.75. The Labute approximate surface area is 98.4 Å². The molecule has 1 heterocycles. The number of hydrogen-bond acceptors (Lipinski definition) is 4. The zero-order chi connectivity index (χ0) is 10.4. The third-order valence-corrected chi connectivity index (χ3v) is 4.55. The van der Waals surface area contributed by atoms with Gasteiger partial charge >= 0.3 is 0 Å². The van der Waals surface area contributed by atoms with Crippen molar-refractivity contribution in [3.8, 4) is 0 Å². The number of hydrogen-bond donors (Lipinski definition) is 0. The Balaban J connectivity index is 2.21. The van der Waals surface area contributed by atoms with Crippen LogP contribution >= 0.6 is 27.7 Å². The summed E-state index contributed by atoms with van der Waals surface area (Å²) in [6.07, 6.45) is 1.06. The molecule has 0 amide bonds. The molecule has 0 aromatic heterocycles. The van der Waals surface area contributed by atoms with Crippen LogP contribution in [-0.4, -0.2) is 54.5 Å². The Kier molecular flexibility index (Phi) is 5.89. The van der Waals surface area contributed by atoms with Gasteiger partial charge in [0.25, 0.3) is 0 Å². The number of halogens is 1. The van der Waals surface area contributed by atoms with E-state index in [1.165, 1.54) is 5.17 Å². The van der Waals surface area contributed by atoms with Crippen molar-refractivity contribution in [3.63, 3.8) is 0 Å². The molecule has 0 aromatic rings. The first kappa shape index (κ1) is 12.3. The number of ether oxygens (including phenoxy) is 1. The van der Waals surface area contributed by atoms with Gasteiger partial charge in [-0.3, -0.25) is 4.99 Å². The molecular formula is C9H17BrN2OS. The van der Waals surface area contributed by atoms with Gasteiger partial charge in [-0.15, -0.1) is 0 Å². The summed E-state index contributed by atoms with van der Waals surface area (Å²) in [5, 5.41) is 2.82. The van der Waals surface area contributed by atoms with Gasteiger partial charge in [-0.05, 0) is 6.42 Å². The topological polar surface area (TPSA) is 24.8 Å². The average molecular weight is 281 g/mol. The highest BCUT2D eigenvalue weighted by Gasteiger charge is 2.20. The molecule has 1 unspecified atom stereocenters. The lowest BCUT2D eigenvalue weighted by Gasteiger charge is -2.18. The van der Waals surface area contributed by atoms with E-state index in [-0.39, 0.29) is 0 Å². The van der Waals surface area contributed by atoms with Crippen LogP contribution in [0, 0.1) is 0 Å². The van der Waals surface area contributed by atoms with E-state index < -0.39 is 0 Å². The van der Waals surface area contributed by atoms with E-state index in [0.717, 1.165) is 31.4 Å². The maximum Gasteiger partial charge on any atom is 0.159 e. The Morgan fingerprint density at radius 2 is 2.50 bits per heavy atom. The van der Waals surface area contributed by atoms with Gasteiger partial charge in [-0.2, -0.15) is 0 Å². The van der Waals surface area contributed by atoms with Crippen LogP contribution in [0.4, 0.5) is 0 Å². The molecule has 82 valence electrons. The second kappa shape index (κ2) is 6.69. The summed E-state index contributed by atoms with van der Waals surface area (Å²) in [4.78, 5) is 6.72. The minimum absolute atomic E-state index is 0.620. The van der Waals surface area contributed by atoms with Crippen LogP contribution in [0.25, 0.3) is 0 Å². The van der Waals surface area contributed by atoms with Crippen molar-refractivity contribution < 1.29 is 4.74 Å². The van der Waals surface area contributed by atoms with Crippen molar-refractivity contribution in [2.24, 2.45) is 4.99 Å². The molecule has 1 aliphatic heterocycles. The second-order valence-corrected chi connectivity index (χ2v) is 5.20. The number of nitrogens with zero attached hydrogens (tertiary/aromatic N) is 2. The molecule has 0 saturated carbocycles. The maximum absolute atomic E-state index is 5.02. The fraction of sp³-hybridized carbons (Fsp3) is 0.889. The predicted octanol–water partition coefficient (Wildman–Crippen LogP) is 1.82. The van der Waals surface area contributed by atoms with E-state index in [2.05, 4.69) is 32.9 Å². The van der Waals surface area contributed by atoms with Crippen molar-refractivity contribution in [2.75, 3.05) is 39.2 Å². The van der Waals surface area contributed by atoms with Gasteiger partial charge in [-0.25, -0.2) is 0 Å². The number of alkyl halides is 1. The monoisotopic (exact) mass is 280 g/mol. The number of aliphatic imine (C=N–C) groups is 1. The molecule has 0 fully saturated rings. The van der Waals surface area contributed by atoms with Crippen LogP contribution in [0.5, 0.6) is 0 Å². The lowest BCUT2D eigenvalue weighted by molar-refractivity contribution is 0.189. The van der Waals surface area contributed by atoms with E-state index in [1.54, 1.807) is 7.11 Å². The summed E-state index contributed by atoms with van der Waals surface area (Å²) in [6.45, 7) is 2.79. The van der Waals surface area contributed by atoms with Crippen LogP contribution in [0.3, 0.4) is 0 Å². The molecule has 5 heteroatoms. The Bertz CT molecular complexity index is 201. The zero-order valence-corrected chi connectivity index (χ0v) is 11.1. The fourth-order valence-corrected chi connectivity index (χ4v) is 2.77. The molecule has 1 rings (SSSR count). The van der Waals surface area contributed by atoms with Crippen LogP contribution < -0.4 is 0 Å². The largest absolute Gasteiger partial charge is 0.385 e. The molecule has 0 N–H and O–H groups in total. The Morgan fingerprint density at radius 1 is 1.71 bits per heavy atom. The highest BCUT2D eigenvalue weighted by atomic mass is 79.9. The van der Waals surface area contributed by atoms with E-state index >= 15 is 0 Å². The van der Waals surface area contributed by atoms with E-state index in [1.807, 2.05) is 11.8 Å². The summed E-state index contributed by atoms with van der Waals surface area (Å²) in [6, 6.07) is 0. The molecule has 0 saturated heterocycles. The highest BCUT2D eigenvalue weighted by Crippen LogP contribution is 2.24. The van der Waals surface area contributed by atoms with Gasteiger partial charge < -0.3 is 9.64 Å². The number of thioether (sulfide) groups is 1. The summed E-state index contributed by atoms with van der Waals surface area (Å²) >= 11 is 5.35. The summed E-state index contributed by atoms with van der Waals surface area (Å²) in [5.41, 5.74) is 0. The minimum Gasteiger partial charge on any atom is -0.385 e. The lowest BCUT2D eigenvalue weighted by atomic mass is 10.4.